The molecule has 0 bridgehead atoms. The van der Waals surface area contributed by atoms with Crippen molar-refractivity contribution in [3.63, 3.8) is 0 Å². The van der Waals surface area contributed by atoms with Gasteiger partial charge < -0.3 is 14.5 Å². The van der Waals surface area contributed by atoms with Gasteiger partial charge in [-0.05, 0) is 86.7 Å². The highest BCUT2D eigenvalue weighted by Gasteiger charge is 2.26. The highest BCUT2D eigenvalue weighted by Crippen LogP contribution is 2.28. The highest BCUT2D eigenvalue weighted by molar-refractivity contribution is 7.89. The molecule has 0 amide bonds. The predicted octanol–water partition coefficient (Wildman–Crippen LogP) is 4.69. The fraction of sp³-hybridized carbons (Fsp3) is 0.567. The van der Waals surface area contributed by atoms with Gasteiger partial charge >= 0.3 is 0 Å². The van der Waals surface area contributed by atoms with Gasteiger partial charge in [0.1, 0.15) is 11.5 Å². The Bertz CT molecular complexity index is 1150. The normalized spacial score (nSPS) is 14.9. The molecule has 1 fully saturated rings. The number of ketones is 1. The number of methoxy groups -OCH3 is 1. The van der Waals surface area contributed by atoms with E-state index in [0.717, 1.165) is 37.7 Å². The molecule has 1 aliphatic heterocycles. The molecule has 8 heteroatoms. The Balaban J connectivity index is 1.50. The van der Waals surface area contributed by atoms with Gasteiger partial charge in [-0.3, -0.25) is 4.79 Å². The third-order valence-corrected chi connectivity index (χ3v) is 9.93. The molecule has 1 heterocycles. The number of piperidine rings is 1. The number of aryl methyl sites for hydroxylation is 2. The van der Waals surface area contributed by atoms with Crippen molar-refractivity contribution >= 4 is 21.5 Å². The number of hydrogen-bond donors (Lipinski definition) is 0. The number of sulfonamides is 1. The summed E-state index contributed by atoms with van der Waals surface area (Å²) in [6.07, 6.45) is 2.90. The number of benzene rings is 2. The lowest BCUT2D eigenvalue weighted by molar-refractivity contribution is -0.118. The van der Waals surface area contributed by atoms with Gasteiger partial charge in [-0.15, -0.1) is 0 Å². The van der Waals surface area contributed by atoms with Gasteiger partial charge in [0.2, 0.25) is 10.0 Å². The number of anilines is 1. The van der Waals surface area contributed by atoms with Crippen LogP contribution in [0, 0.1) is 19.8 Å². The molecule has 0 unspecified atom stereocenters. The van der Waals surface area contributed by atoms with Crippen molar-refractivity contribution in [3.8, 4) is 5.75 Å². The van der Waals surface area contributed by atoms with E-state index in [-0.39, 0.29) is 23.6 Å². The summed E-state index contributed by atoms with van der Waals surface area (Å²) in [5, 5.41) is 0. The van der Waals surface area contributed by atoms with E-state index in [2.05, 4.69) is 35.8 Å². The summed E-state index contributed by atoms with van der Waals surface area (Å²) in [6.45, 7) is 13.7. The van der Waals surface area contributed by atoms with Crippen LogP contribution in [0.15, 0.2) is 41.3 Å². The van der Waals surface area contributed by atoms with Crippen LogP contribution in [0.2, 0.25) is 0 Å². The Morgan fingerprint density at radius 3 is 2.13 bits per heavy atom. The van der Waals surface area contributed by atoms with Gasteiger partial charge in [0.05, 0.1) is 12.0 Å². The molecule has 3 rings (SSSR count). The number of rotatable bonds is 13. The lowest BCUT2D eigenvalue weighted by atomic mass is 9.95. The minimum absolute atomic E-state index is 0.0280. The Kier molecular flexibility index (Phi) is 10.8. The van der Waals surface area contributed by atoms with Gasteiger partial charge in [-0.25, -0.2) is 12.7 Å². The van der Waals surface area contributed by atoms with Crippen LogP contribution >= 0.6 is 0 Å². The quantitative estimate of drug-likeness (QED) is 0.365. The lowest BCUT2D eigenvalue weighted by Gasteiger charge is -2.35. The van der Waals surface area contributed by atoms with Crippen LogP contribution < -0.4 is 9.64 Å². The summed E-state index contributed by atoms with van der Waals surface area (Å²) < 4.78 is 32.9. The first kappa shape index (κ1) is 30.1. The zero-order valence-electron chi connectivity index (χ0n) is 24.0. The molecule has 2 aromatic rings. The van der Waals surface area contributed by atoms with Gasteiger partial charge in [0, 0.05) is 51.8 Å². The largest absolute Gasteiger partial charge is 0.497 e. The van der Waals surface area contributed by atoms with Crippen molar-refractivity contribution in [2.45, 2.75) is 58.3 Å². The van der Waals surface area contributed by atoms with Crippen molar-refractivity contribution in [1.82, 2.24) is 9.21 Å². The van der Waals surface area contributed by atoms with Crippen molar-refractivity contribution < 1.29 is 17.9 Å². The number of ether oxygens (including phenoxy) is 1. The number of carbonyl (C=O) groups is 1. The average Bonchev–Trinajstić information content (AvgIpc) is 2.90. The number of carbonyl (C=O) groups excluding carboxylic acids is 1. The average molecular weight is 544 g/mol. The van der Waals surface area contributed by atoms with E-state index in [4.69, 9.17) is 4.74 Å². The minimum atomic E-state index is -3.71. The van der Waals surface area contributed by atoms with Crippen molar-refractivity contribution in [3.05, 3.63) is 53.1 Å². The van der Waals surface area contributed by atoms with Crippen molar-refractivity contribution in [2.75, 3.05) is 58.3 Å². The van der Waals surface area contributed by atoms with Gasteiger partial charge in [-0.1, -0.05) is 26.0 Å². The molecule has 0 atom stereocenters. The molecule has 2 aromatic carbocycles. The Hall–Kier alpha value is -2.42. The van der Waals surface area contributed by atoms with Crippen LogP contribution in [0.25, 0.3) is 0 Å². The third kappa shape index (κ3) is 7.58. The summed E-state index contributed by atoms with van der Waals surface area (Å²) in [4.78, 5) is 17.9. The van der Waals surface area contributed by atoms with Crippen molar-refractivity contribution in [1.29, 1.82) is 0 Å². The van der Waals surface area contributed by atoms with Gasteiger partial charge in [0.25, 0.3) is 0 Å². The summed E-state index contributed by atoms with van der Waals surface area (Å²) in [7, 11) is -0.615. The summed E-state index contributed by atoms with van der Waals surface area (Å²) >= 11 is 0. The van der Waals surface area contributed by atoms with Crippen LogP contribution in [0.3, 0.4) is 0 Å². The molecule has 38 heavy (non-hydrogen) atoms. The molecule has 1 saturated heterocycles. The highest BCUT2D eigenvalue weighted by atomic mass is 32.2. The predicted molar refractivity (Wildman–Crippen MR) is 155 cm³/mol. The fourth-order valence-electron chi connectivity index (χ4n) is 5.35. The molecule has 0 spiro atoms. The molecule has 7 nitrogen and oxygen atoms in total. The molecule has 210 valence electrons. The number of nitrogens with zero attached hydrogens (tertiary/aromatic N) is 3. The van der Waals surface area contributed by atoms with E-state index >= 15 is 0 Å². The Labute approximate surface area is 229 Å². The molecule has 0 aliphatic carbocycles. The maximum Gasteiger partial charge on any atom is 0.243 e. The zero-order chi connectivity index (χ0) is 27.9. The first-order valence-corrected chi connectivity index (χ1v) is 15.2. The standard InChI is InChI=1S/C30H45N3O4S/c1-7-32(8-2)22-26-13-17-33(18-14-26)27-11-9-25(10-12-27)21-28(34)15-16-31(5)38(35,36)30-23(3)19-29(37-6)20-24(30)4/h9-12,19-20,26H,7-8,13-18,21-22H2,1-6H3. The molecule has 0 N–H and O–H groups in total. The van der Waals surface area contributed by atoms with E-state index < -0.39 is 10.0 Å². The molecule has 0 radical (unpaired) electrons. The molecule has 1 aliphatic rings. The second kappa shape index (κ2) is 13.6. The first-order valence-electron chi connectivity index (χ1n) is 13.8. The maximum absolute atomic E-state index is 13.2. The second-order valence-electron chi connectivity index (χ2n) is 10.5. The monoisotopic (exact) mass is 543 g/mol. The lowest BCUT2D eigenvalue weighted by Crippen LogP contribution is -2.38. The number of Topliss-reactive ketones (excluding diaryl/α,β-unsaturated/α-hetero) is 1. The van der Waals surface area contributed by atoms with Crippen molar-refractivity contribution in [2.24, 2.45) is 5.92 Å². The topological polar surface area (TPSA) is 70.2 Å². The van der Waals surface area contributed by atoms with Gasteiger partial charge in [0.15, 0.2) is 0 Å². The summed E-state index contributed by atoms with van der Waals surface area (Å²) in [5.41, 5.74) is 3.43. The van der Waals surface area contributed by atoms with Crippen LogP contribution in [-0.2, 0) is 21.2 Å². The zero-order valence-corrected chi connectivity index (χ0v) is 24.8. The second-order valence-corrected chi connectivity index (χ2v) is 12.4. The smallest absolute Gasteiger partial charge is 0.243 e. The fourth-order valence-corrected chi connectivity index (χ4v) is 6.93. The van der Waals surface area contributed by atoms with Crippen LogP contribution in [0.1, 0.15) is 49.8 Å². The van der Waals surface area contributed by atoms with E-state index in [1.807, 2.05) is 12.1 Å². The SMILES string of the molecule is CCN(CC)CC1CCN(c2ccc(CC(=O)CCN(C)S(=O)(=O)c3c(C)cc(OC)cc3C)cc2)CC1. The van der Waals surface area contributed by atoms with Crippen LogP contribution in [0.5, 0.6) is 5.75 Å². The molecular formula is C30H45N3O4S. The Morgan fingerprint density at radius 1 is 1.03 bits per heavy atom. The number of hydrogen-bond acceptors (Lipinski definition) is 6. The Morgan fingerprint density at radius 2 is 1.61 bits per heavy atom. The van der Waals surface area contributed by atoms with E-state index in [9.17, 15) is 13.2 Å². The maximum atomic E-state index is 13.2. The third-order valence-electron chi connectivity index (χ3n) is 7.77. The molecular weight excluding hydrogens is 498 g/mol. The van der Waals surface area contributed by atoms with E-state index in [1.54, 1.807) is 33.1 Å². The van der Waals surface area contributed by atoms with Crippen LogP contribution in [0.4, 0.5) is 5.69 Å². The van der Waals surface area contributed by atoms with Crippen LogP contribution in [-0.4, -0.2) is 76.8 Å². The van der Waals surface area contributed by atoms with E-state index in [0.29, 0.717) is 23.3 Å². The van der Waals surface area contributed by atoms with Gasteiger partial charge in [-0.2, -0.15) is 0 Å². The molecule has 0 aromatic heterocycles. The van der Waals surface area contributed by atoms with E-state index in [1.165, 1.54) is 36.4 Å². The molecule has 0 saturated carbocycles. The summed E-state index contributed by atoms with van der Waals surface area (Å²) in [6, 6.07) is 11.7. The summed E-state index contributed by atoms with van der Waals surface area (Å²) in [5.74, 6) is 1.42. The first-order chi connectivity index (χ1) is 18.1. The minimum Gasteiger partial charge on any atom is -0.497 e.